The number of nitrogens with zero attached hydrogens (tertiary/aromatic N) is 4. The van der Waals surface area contributed by atoms with Crippen LogP contribution in [0, 0.1) is 0 Å². The van der Waals surface area contributed by atoms with Crippen molar-refractivity contribution in [2.75, 3.05) is 0 Å². The van der Waals surface area contributed by atoms with Crippen molar-refractivity contribution in [2.45, 2.75) is 13.1 Å². The standard InChI is InChI=1S/C10H11N5/c1-15-6-12-5-9(15)10-13-3-7-2-11-4-8(7)14-10/h3,5-6,11H,2,4H2,1H3. The minimum absolute atomic E-state index is 0.748. The van der Waals surface area contributed by atoms with Gasteiger partial charge in [-0.15, -0.1) is 0 Å². The molecule has 1 aliphatic heterocycles. The third-order valence-electron chi connectivity index (χ3n) is 2.61. The molecule has 0 aliphatic carbocycles. The second-order valence-electron chi connectivity index (χ2n) is 3.66. The lowest BCUT2D eigenvalue weighted by Crippen LogP contribution is -2.01. The quantitative estimate of drug-likeness (QED) is 0.729. The number of aryl methyl sites for hydroxylation is 1. The molecule has 0 saturated heterocycles. The maximum atomic E-state index is 4.52. The van der Waals surface area contributed by atoms with E-state index in [9.17, 15) is 0 Å². The molecule has 15 heavy (non-hydrogen) atoms. The molecule has 0 bridgehead atoms. The number of fused-ring (bicyclic) bond motifs is 1. The number of rotatable bonds is 1. The zero-order chi connectivity index (χ0) is 10.3. The fraction of sp³-hybridized carbons (Fsp3) is 0.300. The van der Waals surface area contributed by atoms with Crippen LogP contribution in [0.2, 0.25) is 0 Å². The Balaban J connectivity index is 2.11. The average Bonchev–Trinajstić information content (AvgIpc) is 2.84. The van der Waals surface area contributed by atoms with Crippen LogP contribution in [0.3, 0.4) is 0 Å². The van der Waals surface area contributed by atoms with Crippen molar-refractivity contribution < 1.29 is 0 Å². The number of hydrogen-bond acceptors (Lipinski definition) is 4. The van der Waals surface area contributed by atoms with E-state index < -0.39 is 0 Å². The molecule has 5 heteroatoms. The summed E-state index contributed by atoms with van der Waals surface area (Å²) in [4.78, 5) is 12.9. The molecule has 0 saturated carbocycles. The molecular formula is C10H11N5. The van der Waals surface area contributed by atoms with Gasteiger partial charge in [-0.2, -0.15) is 0 Å². The topological polar surface area (TPSA) is 55.6 Å². The number of nitrogens with one attached hydrogen (secondary N) is 1. The van der Waals surface area contributed by atoms with Crippen molar-refractivity contribution in [3.8, 4) is 11.5 Å². The Labute approximate surface area is 87.2 Å². The summed E-state index contributed by atoms with van der Waals surface area (Å²) >= 11 is 0. The van der Waals surface area contributed by atoms with Gasteiger partial charge in [0.05, 0.1) is 18.2 Å². The maximum absolute atomic E-state index is 4.52. The molecule has 0 spiro atoms. The van der Waals surface area contributed by atoms with Crippen molar-refractivity contribution in [2.24, 2.45) is 7.05 Å². The molecule has 1 aliphatic rings. The zero-order valence-electron chi connectivity index (χ0n) is 8.44. The summed E-state index contributed by atoms with van der Waals surface area (Å²) in [6.45, 7) is 1.71. The van der Waals surface area contributed by atoms with Gasteiger partial charge in [-0.1, -0.05) is 0 Å². The summed E-state index contributed by atoms with van der Waals surface area (Å²) < 4.78 is 1.92. The van der Waals surface area contributed by atoms with E-state index in [1.54, 1.807) is 12.5 Å². The third kappa shape index (κ3) is 1.32. The molecule has 2 aromatic heterocycles. The lowest BCUT2D eigenvalue weighted by molar-refractivity contribution is 0.757. The number of imidazole rings is 1. The van der Waals surface area contributed by atoms with Crippen molar-refractivity contribution in [3.05, 3.63) is 30.0 Å². The first kappa shape index (κ1) is 8.55. The van der Waals surface area contributed by atoms with Gasteiger partial charge in [0, 0.05) is 31.9 Å². The Morgan fingerprint density at radius 2 is 2.27 bits per heavy atom. The van der Waals surface area contributed by atoms with Gasteiger partial charge in [0.1, 0.15) is 5.69 Å². The molecule has 0 atom stereocenters. The van der Waals surface area contributed by atoms with E-state index in [0.717, 1.165) is 30.3 Å². The molecule has 5 nitrogen and oxygen atoms in total. The summed E-state index contributed by atoms with van der Waals surface area (Å²) in [5, 5.41) is 3.25. The highest BCUT2D eigenvalue weighted by molar-refractivity contribution is 5.49. The third-order valence-corrected chi connectivity index (χ3v) is 2.61. The van der Waals surface area contributed by atoms with E-state index in [1.807, 2.05) is 17.8 Å². The first-order valence-corrected chi connectivity index (χ1v) is 4.87. The zero-order valence-corrected chi connectivity index (χ0v) is 8.44. The number of aromatic nitrogens is 4. The minimum Gasteiger partial charge on any atom is -0.331 e. The molecule has 0 amide bonds. The van der Waals surface area contributed by atoms with E-state index >= 15 is 0 Å². The second kappa shape index (κ2) is 3.13. The normalized spacial score (nSPS) is 14.2. The Bertz CT molecular complexity index is 502. The molecule has 2 aromatic rings. The van der Waals surface area contributed by atoms with Gasteiger partial charge in [-0.25, -0.2) is 15.0 Å². The second-order valence-corrected chi connectivity index (χ2v) is 3.66. The van der Waals surface area contributed by atoms with Crippen molar-refractivity contribution in [3.63, 3.8) is 0 Å². The summed E-state index contributed by atoms with van der Waals surface area (Å²) in [5.74, 6) is 0.748. The van der Waals surface area contributed by atoms with Gasteiger partial charge < -0.3 is 9.88 Å². The van der Waals surface area contributed by atoms with Gasteiger partial charge in [-0.05, 0) is 0 Å². The highest BCUT2D eigenvalue weighted by Gasteiger charge is 2.14. The van der Waals surface area contributed by atoms with Crippen LogP contribution in [0.25, 0.3) is 11.5 Å². The highest BCUT2D eigenvalue weighted by Crippen LogP contribution is 2.17. The van der Waals surface area contributed by atoms with Crippen LogP contribution in [0.1, 0.15) is 11.3 Å². The first-order valence-electron chi connectivity index (χ1n) is 4.87. The van der Waals surface area contributed by atoms with E-state index in [2.05, 4.69) is 20.3 Å². The van der Waals surface area contributed by atoms with E-state index in [4.69, 9.17) is 0 Å². The SMILES string of the molecule is Cn1cncc1-c1ncc2c(n1)CNC2. The van der Waals surface area contributed by atoms with Gasteiger partial charge in [0.15, 0.2) is 5.82 Å². The van der Waals surface area contributed by atoms with Gasteiger partial charge in [0.2, 0.25) is 0 Å². The summed E-state index contributed by atoms with van der Waals surface area (Å²) in [6, 6.07) is 0. The largest absolute Gasteiger partial charge is 0.331 e. The van der Waals surface area contributed by atoms with Crippen LogP contribution in [0.5, 0.6) is 0 Å². The van der Waals surface area contributed by atoms with E-state index in [-0.39, 0.29) is 0 Å². The molecular weight excluding hydrogens is 190 g/mol. The predicted octanol–water partition coefficient (Wildman–Crippen LogP) is 0.480. The molecule has 1 N–H and O–H groups in total. The maximum Gasteiger partial charge on any atom is 0.178 e. The Morgan fingerprint density at radius 1 is 1.33 bits per heavy atom. The molecule has 0 unspecified atom stereocenters. The molecule has 0 fully saturated rings. The van der Waals surface area contributed by atoms with Crippen LogP contribution in [0.15, 0.2) is 18.7 Å². The van der Waals surface area contributed by atoms with Crippen LogP contribution >= 0.6 is 0 Å². The van der Waals surface area contributed by atoms with Gasteiger partial charge >= 0.3 is 0 Å². The Morgan fingerprint density at radius 3 is 3.07 bits per heavy atom. The Hall–Kier alpha value is -1.75. The fourth-order valence-corrected chi connectivity index (χ4v) is 1.75. The van der Waals surface area contributed by atoms with E-state index in [0.29, 0.717) is 0 Å². The molecule has 0 radical (unpaired) electrons. The highest BCUT2D eigenvalue weighted by atomic mass is 15.1. The van der Waals surface area contributed by atoms with Crippen molar-refractivity contribution in [1.29, 1.82) is 0 Å². The van der Waals surface area contributed by atoms with Crippen LogP contribution in [-0.4, -0.2) is 19.5 Å². The lowest BCUT2D eigenvalue weighted by atomic mass is 10.2. The first-order chi connectivity index (χ1) is 7.34. The molecule has 3 rings (SSSR count). The summed E-state index contributed by atoms with van der Waals surface area (Å²) in [5.41, 5.74) is 3.24. The summed E-state index contributed by atoms with van der Waals surface area (Å²) in [6.07, 6.45) is 5.43. The molecule has 0 aromatic carbocycles. The minimum atomic E-state index is 0.748. The van der Waals surface area contributed by atoms with Gasteiger partial charge in [0.25, 0.3) is 0 Å². The Kier molecular flexibility index (Phi) is 1.78. The molecule has 3 heterocycles. The van der Waals surface area contributed by atoms with Crippen LogP contribution in [-0.2, 0) is 20.1 Å². The average molecular weight is 201 g/mol. The fourth-order valence-electron chi connectivity index (χ4n) is 1.75. The summed E-state index contributed by atoms with van der Waals surface area (Å²) in [7, 11) is 1.94. The monoisotopic (exact) mass is 201 g/mol. The van der Waals surface area contributed by atoms with Gasteiger partial charge in [-0.3, -0.25) is 0 Å². The lowest BCUT2D eigenvalue weighted by Gasteiger charge is -2.02. The number of hydrogen-bond donors (Lipinski definition) is 1. The van der Waals surface area contributed by atoms with Crippen molar-refractivity contribution >= 4 is 0 Å². The molecule has 76 valence electrons. The smallest absolute Gasteiger partial charge is 0.178 e. The van der Waals surface area contributed by atoms with Crippen molar-refractivity contribution in [1.82, 2.24) is 24.8 Å². The van der Waals surface area contributed by atoms with E-state index in [1.165, 1.54) is 5.56 Å². The van der Waals surface area contributed by atoms with Crippen LogP contribution in [0.4, 0.5) is 0 Å². The van der Waals surface area contributed by atoms with Crippen LogP contribution < -0.4 is 5.32 Å². The predicted molar refractivity (Wildman–Crippen MR) is 54.8 cm³/mol.